The van der Waals surface area contributed by atoms with Gasteiger partial charge in [0.05, 0.1) is 24.4 Å². The molecule has 136 valence electrons. The first-order chi connectivity index (χ1) is 12.2. The molecular formula is C18H26N4O3. The summed E-state index contributed by atoms with van der Waals surface area (Å²) in [5.41, 5.74) is 1.16. The highest BCUT2D eigenvalue weighted by molar-refractivity contribution is 5.93. The van der Waals surface area contributed by atoms with Crippen LogP contribution in [0.25, 0.3) is 0 Å². The third-order valence-electron chi connectivity index (χ3n) is 5.10. The third kappa shape index (κ3) is 4.48. The van der Waals surface area contributed by atoms with E-state index < -0.39 is 0 Å². The molecule has 0 bridgehead atoms. The lowest BCUT2D eigenvalue weighted by atomic mass is 9.97. The Kier molecular flexibility index (Phi) is 5.86. The predicted octanol–water partition coefficient (Wildman–Crippen LogP) is 1.88. The summed E-state index contributed by atoms with van der Waals surface area (Å²) in [6.07, 6.45) is 9.14. The predicted molar refractivity (Wildman–Crippen MR) is 93.9 cm³/mol. The second-order valence-electron chi connectivity index (χ2n) is 6.90. The maximum absolute atomic E-state index is 12.6. The second kappa shape index (κ2) is 8.29. The van der Waals surface area contributed by atoms with E-state index in [2.05, 4.69) is 15.6 Å². The molecule has 1 aliphatic heterocycles. The summed E-state index contributed by atoms with van der Waals surface area (Å²) in [5, 5.41) is 15.3. The Bertz CT molecular complexity index is 616. The first-order valence-corrected chi connectivity index (χ1v) is 9.07. The van der Waals surface area contributed by atoms with Gasteiger partial charge in [0.25, 0.3) is 0 Å². The van der Waals surface area contributed by atoms with Gasteiger partial charge in [-0.25, -0.2) is 4.79 Å². The van der Waals surface area contributed by atoms with Crippen molar-refractivity contribution in [2.75, 3.05) is 18.4 Å². The van der Waals surface area contributed by atoms with E-state index in [0.717, 1.165) is 25.7 Å². The van der Waals surface area contributed by atoms with Gasteiger partial charge in [-0.05, 0) is 31.7 Å². The highest BCUT2D eigenvalue weighted by Crippen LogP contribution is 2.22. The van der Waals surface area contributed by atoms with Gasteiger partial charge >= 0.3 is 6.03 Å². The van der Waals surface area contributed by atoms with Crippen molar-refractivity contribution in [3.63, 3.8) is 0 Å². The zero-order chi connectivity index (χ0) is 17.6. The zero-order valence-electron chi connectivity index (χ0n) is 14.4. The van der Waals surface area contributed by atoms with Crippen LogP contribution in [0.1, 0.15) is 44.1 Å². The number of carbonyl (C=O) groups is 2. The van der Waals surface area contributed by atoms with Gasteiger partial charge in [-0.3, -0.25) is 9.78 Å². The van der Waals surface area contributed by atoms with Gasteiger partial charge in [0, 0.05) is 30.9 Å². The smallest absolute Gasteiger partial charge is 0.317 e. The van der Waals surface area contributed by atoms with Crippen molar-refractivity contribution in [1.29, 1.82) is 0 Å². The van der Waals surface area contributed by atoms with Gasteiger partial charge in [0.15, 0.2) is 0 Å². The molecule has 1 aromatic rings. The number of nitrogens with one attached hydrogen (secondary N) is 2. The Morgan fingerprint density at radius 3 is 2.80 bits per heavy atom. The first-order valence-electron chi connectivity index (χ1n) is 9.07. The number of likely N-dealkylation sites (tertiary alicyclic amines) is 1. The van der Waals surface area contributed by atoms with Gasteiger partial charge in [0.2, 0.25) is 5.91 Å². The molecule has 0 radical (unpaired) electrons. The van der Waals surface area contributed by atoms with E-state index in [4.69, 9.17) is 0 Å². The van der Waals surface area contributed by atoms with Crippen LogP contribution < -0.4 is 10.6 Å². The van der Waals surface area contributed by atoms with E-state index >= 15 is 0 Å². The van der Waals surface area contributed by atoms with Gasteiger partial charge in [0.1, 0.15) is 0 Å². The molecule has 0 spiro atoms. The van der Waals surface area contributed by atoms with Crippen molar-refractivity contribution in [2.24, 2.45) is 5.92 Å². The van der Waals surface area contributed by atoms with Crippen LogP contribution in [0.2, 0.25) is 0 Å². The fourth-order valence-corrected chi connectivity index (χ4v) is 3.62. The van der Waals surface area contributed by atoms with Crippen molar-refractivity contribution in [2.45, 2.75) is 51.2 Å². The number of aliphatic hydroxyl groups excluding tert-OH is 1. The summed E-state index contributed by atoms with van der Waals surface area (Å²) >= 11 is 0. The zero-order valence-corrected chi connectivity index (χ0v) is 14.4. The van der Waals surface area contributed by atoms with E-state index in [1.165, 1.54) is 19.0 Å². The molecule has 3 amide bonds. The standard InChI is InChI=1S/C18H26N4O3/c23-12-14-7-8-19-10-16(14)21-17(24)13-4-3-9-22(11-13)18(25)20-15-5-1-2-6-15/h7-8,10,13,15,23H,1-6,9,11-12H2,(H,20,25)(H,21,24)/t13-/m0/s1. The Morgan fingerprint density at radius 1 is 1.24 bits per heavy atom. The molecule has 2 fully saturated rings. The summed E-state index contributed by atoms with van der Waals surface area (Å²) in [6, 6.07) is 1.91. The van der Waals surface area contributed by atoms with E-state index in [1.807, 2.05) is 0 Å². The quantitative estimate of drug-likeness (QED) is 0.776. The van der Waals surface area contributed by atoms with Crippen LogP contribution in [-0.2, 0) is 11.4 Å². The third-order valence-corrected chi connectivity index (χ3v) is 5.10. The monoisotopic (exact) mass is 346 g/mol. The maximum atomic E-state index is 12.6. The van der Waals surface area contributed by atoms with Crippen LogP contribution >= 0.6 is 0 Å². The molecular weight excluding hydrogens is 320 g/mol. The molecule has 3 N–H and O–H groups in total. The van der Waals surface area contributed by atoms with Crippen molar-refractivity contribution < 1.29 is 14.7 Å². The van der Waals surface area contributed by atoms with Crippen LogP contribution in [0.15, 0.2) is 18.5 Å². The second-order valence-corrected chi connectivity index (χ2v) is 6.90. The Labute approximate surface area is 147 Å². The molecule has 1 saturated carbocycles. The largest absolute Gasteiger partial charge is 0.392 e. The van der Waals surface area contributed by atoms with E-state index in [-0.39, 0.29) is 30.5 Å². The topological polar surface area (TPSA) is 94.6 Å². The Hall–Kier alpha value is -2.15. The number of carbonyl (C=O) groups excluding carboxylic acids is 2. The number of nitrogens with zero attached hydrogens (tertiary/aromatic N) is 2. The number of aromatic nitrogens is 1. The van der Waals surface area contributed by atoms with Gasteiger partial charge < -0.3 is 20.6 Å². The van der Waals surface area contributed by atoms with Crippen LogP contribution in [-0.4, -0.2) is 46.1 Å². The number of hydrogen-bond donors (Lipinski definition) is 3. The normalized spacial score (nSPS) is 21.2. The van der Waals surface area contributed by atoms with Crippen LogP contribution in [0.4, 0.5) is 10.5 Å². The Morgan fingerprint density at radius 2 is 2.04 bits per heavy atom. The minimum absolute atomic E-state index is 0.0539. The van der Waals surface area contributed by atoms with E-state index in [1.54, 1.807) is 17.2 Å². The number of urea groups is 1. The molecule has 25 heavy (non-hydrogen) atoms. The van der Waals surface area contributed by atoms with Gasteiger partial charge in [-0.1, -0.05) is 12.8 Å². The summed E-state index contributed by atoms with van der Waals surface area (Å²) < 4.78 is 0. The number of piperidine rings is 1. The number of rotatable bonds is 4. The number of anilines is 1. The minimum atomic E-state index is -0.241. The molecule has 2 heterocycles. The first kappa shape index (κ1) is 17.7. The minimum Gasteiger partial charge on any atom is -0.392 e. The summed E-state index contributed by atoms with van der Waals surface area (Å²) in [6.45, 7) is 0.967. The van der Waals surface area contributed by atoms with Crippen LogP contribution in [0, 0.1) is 5.92 Å². The lowest BCUT2D eigenvalue weighted by Gasteiger charge is -2.33. The highest BCUT2D eigenvalue weighted by Gasteiger charge is 2.30. The molecule has 7 nitrogen and oxygen atoms in total. The number of aliphatic hydroxyl groups is 1. The summed E-state index contributed by atoms with van der Waals surface area (Å²) in [5.74, 6) is -0.365. The van der Waals surface area contributed by atoms with Gasteiger partial charge in [-0.2, -0.15) is 0 Å². The average Bonchev–Trinajstić information content (AvgIpc) is 3.15. The molecule has 0 aromatic carbocycles. The molecule has 1 atom stereocenters. The number of pyridine rings is 1. The Balaban J connectivity index is 1.56. The number of hydrogen-bond acceptors (Lipinski definition) is 4. The molecule has 0 unspecified atom stereocenters. The number of amides is 3. The van der Waals surface area contributed by atoms with Crippen molar-refractivity contribution in [3.8, 4) is 0 Å². The highest BCUT2D eigenvalue weighted by atomic mass is 16.3. The molecule has 1 aliphatic carbocycles. The van der Waals surface area contributed by atoms with E-state index in [9.17, 15) is 14.7 Å². The fraction of sp³-hybridized carbons (Fsp3) is 0.611. The average molecular weight is 346 g/mol. The van der Waals surface area contributed by atoms with Gasteiger partial charge in [-0.15, -0.1) is 0 Å². The van der Waals surface area contributed by atoms with E-state index in [0.29, 0.717) is 24.3 Å². The molecule has 3 rings (SSSR count). The lowest BCUT2D eigenvalue weighted by molar-refractivity contribution is -0.121. The summed E-state index contributed by atoms with van der Waals surface area (Å²) in [7, 11) is 0. The molecule has 2 aliphatic rings. The lowest BCUT2D eigenvalue weighted by Crippen LogP contribution is -2.49. The van der Waals surface area contributed by atoms with Crippen LogP contribution in [0.5, 0.6) is 0 Å². The van der Waals surface area contributed by atoms with Crippen LogP contribution in [0.3, 0.4) is 0 Å². The SMILES string of the molecule is O=C(Nc1cnccc1CO)[C@H]1CCCN(C(=O)NC2CCCC2)C1. The molecule has 1 aromatic heterocycles. The van der Waals surface area contributed by atoms with Crippen molar-refractivity contribution >= 4 is 17.6 Å². The maximum Gasteiger partial charge on any atom is 0.317 e. The fourth-order valence-electron chi connectivity index (χ4n) is 3.62. The molecule has 1 saturated heterocycles. The van der Waals surface area contributed by atoms with Crippen molar-refractivity contribution in [1.82, 2.24) is 15.2 Å². The summed E-state index contributed by atoms with van der Waals surface area (Å²) in [4.78, 5) is 30.7. The molecule has 7 heteroatoms. The van der Waals surface area contributed by atoms with Crippen molar-refractivity contribution in [3.05, 3.63) is 24.0 Å².